The van der Waals surface area contributed by atoms with Gasteiger partial charge in [0.1, 0.15) is 6.04 Å². The monoisotopic (exact) mass is 408 g/mol. The quantitative estimate of drug-likeness (QED) is 0.794. The first-order valence-electron chi connectivity index (χ1n) is 10.9. The summed E-state index contributed by atoms with van der Waals surface area (Å²) >= 11 is 0. The van der Waals surface area contributed by atoms with Gasteiger partial charge in [0.2, 0.25) is 5.91 Å². The van der Waals surface area contributed by atoms with Crippen LogP contribution in [0.25, 0.3) is 10.9 Å². The number of amides is 4. The Morgan fingerprint density at radius 3 is 2.50 bits per heavy atom. The van der Waals surface area contributed by atoms with Crippen LogP contribution in [0.4, 0.5) is 4.79 Å². The van der Waals surface area contributed by atoms with Crippen molar-refractivity contribution >= 4 is 28.7 Å². The van der Waals surface area contributed by atoms with Crippen molar-refractivity contribution in [1.29, 1.82) is 0 Å². The number of nitrogens with one attached hydrogen (secondary N) is 1. The molecule has 5 rings (SSSR count). The molecule has 0 spiro atoms. The number of urea groups is 1. The number of hydrogen-bond acceptors (Lipinski definition) is 3. The predicted octanol–water partition coefficient (Wildman–Crippen LogP) is 2.85. The zero-order valence-corrected chi connectivity index (χ0v) is 17.8. The van der Waals surface area contributed by atoms with Crippen molar-refractivity contribution < 1.29 is 14.4 Å². The summed E-state index contributed by atoms with van der Waals surface area (Å²) < 4.78 is 0. The van der Waals surface area contributed by atoms with Gasteiger partial charge in [0, 0.05) is 30.5 Å². The first-order chi connectivity index (χ1) is 14.4. The highest BCUT2D eigenvalue weighted by Crippen LogP contribution is 2.45. The van der Waals surface area contributed by atoms with Crippen LogP contribution in [0.3, 0.4) is 0 Å². The molecule has 0 saturated carbocycles. The SMILES string of the molecule is CC(C)[C@@H](C(=O)N1CCCC1)N1C(=O)N2CCc3c([nH]c4ccccc34)[C@]2(C)C1=O. The van der Waals surface area contributed by atoms with E-state index in [1.807, 2.05) is 39.0 Å². The third-order valence-corrected chi connectivity index (χ3v) is 7.08. The number of aromatic nitrogens is 1. The number of benzene rings is 1. The van der Waals surface area contributed by atoms with Gasteiger partial charge < -0.3 is 14.8 Å². The van der Waals surface area contributed by atoms with E-state index in [1.54, 1.807) is 9.80 Å². The topological polar surface area (TPSA) is 76.7 Å². The van der Waals surface area contributed by atoms with Crippen molar-refractivity contribution in [1.82, 2.24) is 19.7 Å². The summed E-state index contributed by atoms with van der Waals surface area (Å²) in [7, 11) is 0. The average Bonchev–Trinajstić information content (AvgIpc) is 3.42. The minimum Gasteiger partial charge on any atom is -0.356 e. The lowest BCUT2D eigenvalue weighted by Crippen LogP contribution is -2.53. The molecule has 0 unspecified atom stereocenters. The Labute approximate surface area is 176 Å². The molecule has 1 N–H and O–H groups in total. The summed E-state index contributed by atoms with van der Waals surface area (Å²) in [4.78, 5) is 48.8. The van der Waals surface area contributed by atoms with Crippen molar-refractivity contribution in [3.63, 3.8) is 0 Å². The number of nitrogens with zero attached hydrogens (tertiary/aromatic N) is 3. The summed E-state index contributed by atoms with van der Waals surface area (Å²) in [6.07, 6.45) is 2.63. The minimum absolute atomic E-state index is 0.107. The molecule has 1 aromatic heterocycles. The molecule has 1 aromatic carbocycles. The Morgan fingerprint density at radius 1 is 1.10 bits per heavy atom. The molecule has 2 fully saturated rings. The molecule has 4 heterocycles. The fraction of sp³-hybridized carbons (Fsp3) is 0.522. The molecule has 7 nitrogen and oxygen atoms in total. The summed E-state index contributed by atoms with van der Waals surface area (Å²) in [5, 5.41) is 1.10. The Bertz CT molecular complexity index is 1050. The number of fused-ring (bicyclic) bond motifs is 5. The molecule has 30 heavy (non-hydrogen) atoms. The maximum Gasteiger partial charge on any atom is 0.328 e. The van der Waals surface area contributed by atoms with Crippen molar-refractivity contribution in [2.75, 3.05) is 19.6 Å². The first kappa shape index (κ1) is 19.2. The van der Waals surface area contributed by atoms with E-state index < -0.39 is 11.6 Å². The lowest BCUT2D eigenvalue weighted by molar-refractivity contribution is -0.145. The summed E-state index contributed by atoms with van der Waals surface area (Å²) in [5.41, 5.74) is 1.74. The molecule has 2 aromatic rings. The van der Waals surface area contributed by atoms with Crippen molar-refractivity contribution in [2.24, 2.45) is 5.92 Å². The first-order valence-corrected chi connectivity index (χ1v) is 10.9. The third-order valence-electron chi connectivity index (χ3n) is 7.08. The number of rotatable bonds is 3. The van der Waals surface area contributed by atoms with Crippen LogP contribution in [0.2, 0.25) is 0 Å². The lowest BCUT2D eigenvalue weighted by Gasteiger charge is -2.36. The summed E-state index contributed by atoms with van der Waals surface area (Å²) in [5.74, 6) is -0.561. The van der Waals surface area contributed by atoms with Crippen LogP contribution >= 0.6 is 0 Å². The molecule has 7 heteroatoms. The van der Waals surface area contributed by atoms with Crippen LogP contribution in [-0.4, -0.2) is 63.2 Å². The van der Waals surface area contributed by atoms with Gasteiger partial charge in [-0.25, -0.2) is 9.69 Å². The lowest BCUT2D eigenvalue weighted by atomic mass is 9.86. The molecule has 3 aliphatic rings. The zero-order chi connectivity index (χ0) is 21.2. The smallest absolute Gasteiger partial charge is 0.328 e. The van der Waals surface area contributed by atoms with Crippen molar-refractivity contribution in [3.05, 3.63) is 35.5 Å². The highest BCUT2D eigenvalue weighted by molar-refractivity contribution is 6.11. The molecule has 0 aliphatic carbocycles. The van der Waals surface area contributed by atoms with Crippen molar-refractivity contribution in [3.8, 4) is 0 Å². The van der Waals surface area contributed by atoms with E-state index in [4.69, 9.17) is 0 Å². The fourth-order valence-corrected chi connectivity index (χ4v) is 5.48. The van der Waals surface area contributed by atoms with Gasteiger partial charge in [-0.15, -0.1) is 0 Å². The highest BCUT2D eigenvalue weighted by Gasteiger charge is 2.61. The molecule has 158 valence electrons. The van der Waals surface area contributed by atoms with E-state index in [9.17, 15) is 14.4 Å². The van der Waals surface area contributed by atoms with Crippen LogP contribution in [0, 0.1) is 5.92 Å². The van der Waals surface area contributed by atoms with Gasteiger partial charge in [0.15, 0.2) is 5.54 Å². The summed E-state index contributed by atoms with van der Waals surface area (Å²) in [6, 6.07) is 6.88. The second kappa shape index (κ2) is 6.59. The standard InChI is InChI=1S/C23H28N4O3/c1-14(2)18(20(28)25-11-6-7-12-25)27-21(29)23(3)19-16(10-13-26(23)22(27)30)15-8-4-5-9-17(15)24-19/h4-5,8-9,14,18,24H,6-7,10-13H2,1-3H3/t18-,23+/m0/s1. The van der Waals surface area contributed by atoms with Gasteiger partial charge in [-0.1, -0.05) is 32.0 Å². The zero-order valence-electron chi connectivity index (χ0n) is 17.8. The summed E-state index contributed by atoms with van der Waals surface area (Å²) in [6.45, 7) is 7.50. The molecular weight excluding hydrogens is 380 g/mol. The van der Waals surface area contributed by atoms with E-state index in [0.29, 0.717) is 26.1 Å². The number of hydrogen-bond donors (Lipinski definition) is 1. The molecule has 0 bridgehead atoms. The average molecular weight is 409 g/mol. The van der Waals surface area contributed by atoms with Crippen LogP contribution < -0.4 is 0 Å². The van der Waals surface area contributed by atoms with Gasteiger partial charge in [0.05, 0.1) is 5.69 Å². The second-order valence-corrected chi connectivity index (χ2v) is 9.18. The van der Waals surface area contributed by atoms with Gasteiger partial charge in [-0.05, 0) is 43.7 Å². The van der Waals surface area contributed by atoms with Crippen LogP contribution in [0.5, 0.6) is 0 Å². The molecule has 2 saturated heterocycles. The number of H-pyrrole nitrogens is 1. The third kappa shape index (κ3) is 2.41. The Balaban J connectivity index is 1.59. The Kier molecular flexibility index (Phi) is 4.21. The molecule has 2 atom stereocenters. The van der Waals surface area contributed by atoms with E-state index in [1.165, 1.54) is 4.90 Å². The Morgan fingerprint density at radius 2 is 1.80 bits per heavy atom. The predicted molar refractivity (Wildman–Crippen MR) is 113 cm³/mol. The number of carbonyl (C=O) groups is 3. The van der Waals surface area contributed by atoms with E-state index in [0.717, 1.165) is 35.0 Å². The molecular formula is C23H28N4O3. The Hall–Kier alpha value is -2.83. The van der Waals surface area contributed by atoms with Crippen LogP contribution in [-0.2, 0) is 21.5 Å². The molecule has 3 aliphatic heterocycles. The van der Waals surface area contributed by atoms with Crippen molar-refractivity contribution in [2.45, 2.75) is 51.6 Å². The fourth-order valence-electron chi connectivity index (χ4n) is 5.48. The van der Waals surface area contributed by atoms with E-state index in [2.05, 4.69) is 11.1 Å². The number of para-hydroxylation sites is 1. The van der Waals surface area contributed by atoms with Gasteiger partial charge in [-0.3, -0.25) is 9.59 Å². The van der Waals surface area contributed by atoms with Crippen LogP contribution in [0.15, 0.2) is 24.3 Å². The molecule has 4 amide bonds. The van der Waals surface area contributed by atoms with Gasteiger partial charge in [-0.2, -0.15) is 0 Å². The largest absolute Gasteiger partial charge is 0.356 e. The maximum atomic E-state index is 13.8. The van der Waals surface area contributed by atoms with Gasteiger partial charge in [0.25, 0.3) is 5.91 Å². The number of likely N-dealkylation sites (tertiary alicyclic amines) is 1. The second-order valence-electron chi connectivity index (χ2n) is 9.18. The molecule has 0 radical (unpaired) electrons. The minimum atomic E-state index is -1.11. The number of aromatic amines is 1. The number of carbonyl (C=O) groups excluding carboxylic acids is 3. The van der Waals surface area contributed by atoms with Gasteiger partial charge >= 0.3 is 6.03 Å². The van der Waals surface area contributed by atoms with E-state index >= 15 is 0 Å². The maximum absolute atomic E-state index is 13.8. The normalized spacial score (nSPS) is 24.7. The number of imide groups is 1. The highest BCUT2D eigenvalue weighted by atomic mass is 16.2. The van der Waals surface area contributed by atoms with E-state index in [-0.39, 0.29) is 23.8 Å². The van der Waals surface area contributed by atoms with Crippen LogP contribution in [0.1, 0.15) is 44.9 Å².